The van der Waals surface area contributed by atoms with Crippen LogP contribution in [-0.2, 0) is 6.54 Å². The van der Waals surface area contributed by atoms with Gasteiger partial charge in [0.25, 0.3) is 0 Å². The zero-order valence-corrected chi connectivity index (χ0v) is 12.0. The Morgan fingerprint density at radius 3 is 2.71 bits per heavy atom. The van der Waals surface area contributed by atoms with E-state index in [9.17, 15) is 4.39 Å². The van der Waals surface area contributed by atoms with Crippen molar-refractivity contribution in [1.29, 1.82) is 0 Å². The molecule has 0 aliphatic carbocycles. The predicted octanol–water partition coefficient (Wildman–Crippen LogP) is 2.87. The summed E-state index contributed by atoms with van der Waals surface area (Å²) in [7, 11) is 1.88. The number of oxime groups is 1. The molecule has 0 unspecified atom stereocenters. The molecule has 0 saturated carbocycles. The fourth-order valence-electron chi connectivity index (χ4n) is 2.27. The molecule has 3 N–H and O–H groups in total. The maximum absolute atomic E-state index is 13.4. The highest BCUT2D eigenvalue weighted by Crippen LogP contribution is 2.22. The fraction of sp³-hybridized carbons (Fsp3) is 0.188. The molecule has 5 heteroatoms. The van der Waals surface area contributed by atoms with Gasteiger partial charge in [-0.15, -0.1) is 0 Å². The molecular weight excluding hydrogens is 269 g/mol. The van der Waals surface area contributed by atoms with Gasteiger partial charge in [0.1, 0.15) is 5.82 Å². The number of anilines is 1. The van der Waals surface area contributed by atoms with Crippen LogP contribution in [0.4, 0.5) is 10.1 Å². The summed E-state index contributed by atoms with van der Waals surface area (Å²) in [6, 6.07) is 12.4. The second-order valence-electron chi connectivity index (χ2n) is 4.99. The third-order valence-corrected chi connectivity index (χ3v) is 3.26. The molecule has 2 aromatic rings. The van der Waals surface area contributed by atoms with Crippen LogP contribution in [0, 0.1) is 12.7 Å². The summed E-state index contributed by atoms with van der Waals surface area (Å²) in [6.07, 6.45) is 0. The molecule has 0 aliphatic heterocycles. The van der Waals surface area contributed by atoms with Gasteiger partial charge in [-0.1, -0.05) is 35.0 Å². The van der Waals surface area contributed by atoms with Crippen LogP contribution in [0.2, 0.25) is 0 Å². The number of nitrogens with two attached hydrogens (primary N) is 1. The van der Waals surface area contributed by atoms with Crippen molar-refractivity contribution in [3.63, 3.8) is 0 Å². The molecule has 0 aromatic heterocycles. The van der Waals surface area contributed by atoms with Crippen LogP contribution >= 0.6 is 0 Å². The van der Waals surface area contributed by atoms with E-state index in [-0.39, 0.29) is 5.84 Å². The largest absolute Gasteiger partial charge is 0.409 e. The van der Waals surface area contributed by atoms with Crippen molar-refractivity contribution in [1.82, 2.24) is 0 Å². The van der Waals surface area contributed by atoms with Gasteiger partial charge in [0.2, 0.25) is 0 Å². The van der Waals surface area contributed by atoms with Crippen LogP contribution in [0.5, 0.6) is 0 Å². The summed E-state index contributed by atoms with van der Waals surface area (Å²) in [6.45, 7) is 2.67. The van der Waals surface area contributed by atoms with E-state index in [0.29, 0.717) is 17.8 Å². The number of benzene rings is 2. The summed E-state index contributed by atoms with van der Waals surface area (Å²) in [5.74, 6) is -0.537. The Labute approximate surface area is 123 Å². The van der Waals surface area contributed by atoms with E-state index in [1.807, 2.05) is 37.1 Å². The summed E-state index contributed by atoms with van der Waals surface area (Å²) in [5.41, 5.74) is 9.01. The third-order valence-electron chi connectivity index (χ3n) is 3.26. The fourth-order valence-corrected chi connectivity index (χ4v) is 2.27. The smallest absolute Gasteiger partial charge is 0.172 e. The van der Waals surface area contributed by atoms with E-state index in [4.69, 9.17) is 10.9 Å². The van der Waals surface area contributed by atoms with Gasteiger partial charge in [0.15, 0.2) is 5.84 Å². The predicted molar refractivity (Wildman–Crippen MR) is 82.2 cm³/mol. The molecule has 0 fully saturated rings. The van der Waals surface area contributed by atoms with Crippen molar-refractivity contribution in [3.8, 4) is 0 Å². The highest BCUT2D eigenvalue weighted by atomic mass is 19.1. The minimum absolute atomic E-state index is 0.111. The topological polar surface area (TPSA) is 61.8 Å². The van der Waals surface area contributed by atoms with E-state index in [1.54, 1.807) is 6.07 Å². The lowest BCUT2D eigenvalue weighted by molar-refractivity contribution is 0.318. The number of nitrogens with zero attached hydrogens (tertiary/aromatic N) is 2. The van der Waals surface area contributed by atoms with Crippen LogP contribution in [-0.4, -0.2) is 18.1 Å². The van der Waals surface area contributed by atoms with Gasteiger partial charge < -0.3 is 15.8 Å². The van der Waals surface area contributed by atoms with E-state index in [2.05, 4.69) is 11.2 Å². The Hall–Kier alpha value is -2.56. The normalized spacial score (nSPS) is 11.5. The molecule has 21 heavy (non-hydrogen) atoms. The quantitative estimate of drug-likeness (QED) is 0.393. The maximum atomic E-state index is 13.4. The van der Waals surface area contributed by atoms with Gasteiger partial charge in [-0.3, -0.25) is 0 Å². The van der Waals surface area contributed by atoms with Gasteiger partial charge in [-0.05, 0) is 30.7 Å². The van der Waals surface area contributed by atoms with Crippen LogP contribution in [0.15, 0.2) is 47.6 Å². The Bertz CT molecular complexity index is 670. The molecule has 110 valence electrons. The van der Waals surface area contributed by atoms with Gasteiger partial charge in [-0.2, -0.15) is 0 Å². The lowest BCUT2D eigenvalue weighted by Crippen LogP contribution is -2.22. The molecular formula is C16H18FN3O. The van der Waals surface area contributed by atoms with Gasteiger partial charge >= 0.3 is 0 Å². The first-order chi connectivity index (χ1) is 10.0. The third kappa shape index (κ3) is 3.51. The first-order valence-electron chi connectivity index (χ1n) is 6.55. The standard InChI is InChI=1S/C16H18FN3O/c1-11-4-3-5-12(8-11)10-20(2)15-7-6-13(17)9-14(15)16(18)19-21/h3-9,21H,10H2,1-2H3,(H2,18,19). The molecule has 0 saturated heterocycles. The number of aryl methyl sites for hydroxylation is 1. The molecule has 2 rings (SSSR count). The van der Waals surface area contributed by atoms with Crippen molar-refractivity contribution in [2.24, 2.45) is 10.9 Å². The Morgan fingerprint density at radius 1 is 1.29 bits per heavy atom. The second-order valence-corrected chi connectivity index (χ2v) is 4.99. The molecule has 0 radical (unpaired) electrons. The summed E-state index contributed by atoms with van der Waals surface area (Å²) in [5, 5.41) is 11.8. The molecule has 0 heterocycles. The van der Waals surface area contributed by atoms with Crippen molar-refractivity contribution >= 4 is 11.5 Å². The number of halogens is 1. The molecule has 0 spiro atoms. The molecule has 2 aromatic carbocycles. The second kappa shape index (κ2) is 6.26. The molecule has 0 bridgehead atoms. The zero-order valence-electron chi connectivity index (χ0n) is 12.0. The first-order valence-corrected chi connectivity index (χ1v) is 6.55. The number of rotatable bonds is 4. The number of hydrogen-bond acceptors (Lipinski definition) is 3. The van der Waals surface area contributed by atoms with E-state index in [1.165, 1.54) is 17.7 Å². The van der Waals surface area contributed by atoms with E-state index >= 15 is 0 Å². The summed E-state index contributed by atoms with van der Waals surface area (Å²) >= 11 is 0. The highest BCUT2D eigenvalue weighted by molar-refractivity contribution is 6.02. The van der Waals surface area contributed by atoms with Crippen LogP contribution in [0.1, 0.15) is 16.7 Å². The highest BCUT2D eigenvalue weighted by Gasteiger charge is 2.13. The van der Waals surface area contributed by atoms with Gasteiger partial charge in [0, 0.05) is 24.8 Å². The lowest BCUT2D eigenvalue weighted by atomic mass is 10.1. The molecule has 4 nitrogen and oxygen atoms in total. The average Bonchev–Trinajstić information content (AvgIpc) is 2.46. The summed E-state index contributed by atoms with van der Waals surface area (Å²) < 4.78 is 13.4. The number of hydrogen-bond donors (Lipinski definition) is 2. The Kier molecular flexibility index (Phi) is 4.42. The SMILES string of the molecule is Cc1cccc(CN(C)c2ccc(F)cc2C(N)=NO)c1. The van der Waals surface area contributed by atoms with Crippen LogP contribution in [0.25, 0.3) is 0 Å². The van der Waals surface area contributed by atoms with Crippen molar-refractivity contribution in [3.05, 3.63) is 65.0 Å². The summed E-state index contributed by atoms with van der Waals surface area (Å²) in [4.78, 5) is 1.93. The first kappa shape index (κ1) is 14.8. The Morgan fingerprint density at radius 2 is 2.05 bits per heavy atom. The van der Waals surface area contributed by atoms with Crippen molar-refractivity contribution in [2.45, 2.75) is 13.5 Å². The van der Waals surface area contributed by atoms with Gasteiger partial charge in [-0.25, -0.2) is 4.39 Å². The van der Waals surface area contributed by atoms with Crippen molar-refractivity contribution in [2.75, 3.05) is 11.9 Å². The van der Waals surface area contributed by atoms with E-state index in [0.717, 1.165) is 5.56 Å². The molecule has 0 atom stereocenters. The van der Waals surface area contributed by atoms with E-state index < -0.39 is 5.82 Å². The van der Waals surface area contributed by atoms with Crippen molar-refractivity contribution < 1.29 is 9.60 Å². The number of amidine groups is 1. The Balaban J connectivity index is 2.33. The van der Waals surface area contributed by atoms with Gasteiger partial charge in [0.05, 0.1) is 0 Å². The molecule has 0 aliphatic rings. The minimum Gasteiger partial charge on any atom is -0.409 e. The lowest BCUT2D eigenvalue weighted by Gasteiger charge is -2.22. The monoisotopic (exact) mass is 287 g/mol. The minimum atomic E-state index is -0.427. The average molecular weight is 287 g/mol. The zero-order chi connectivity index (χ0) is 15.4. The maximum Gasteiger partial charge on any atom is 0.172 e. The van der Waals surface area contributed by atoms with Crippen LogP contribution < -0.4 is 10.6 Å². The molecule has 0 amide bonds. The van der Waals surface area contributed by atoms with Crippen LogP contribution in [0.3, 0.4) is 0 Å².